The van der Waals surface area contributed by atoms with Crippen molar-refractivity contribution >= 4 is 11.6 Å². The van der Waals surface area contributed by atoms with E-state index in [1.807, 2.05) is 29.2 Å². The highest BCUT2D eigenvalue weighted by atomic mass is 16.2. The first-order valence-electron chi connectivity index (χ1n) is 7.70. The maximum atomic E-state index is 12.4. The largest absolute Gasteiger partial charge is 0.304 e. The van der Waals surface area contributed by atoms with Crippen molar-refractivity contribution in [3.63, 3.8) is 0 Å². The molecule has 0 N–H and O–H groups in total. The van der Waals surface area contributed by atoms with Gasteiger partial charge in [0.25, 0.3) is 5.91 Å². The van der Waals surface area contributed by atoms with Gasteiger partial charge in [-0.3, -0.25) is 4.79 Å². The molecule has 0 spiro atoms. The molecule has 1 amide bonds. The molecule has 1 unspecified atom stereocenters. The van der Waals surface area contributed by atoms with Gasteiger partial charge in [0.2, 0.25) is 0 Å². The highest BCUT2D eigenvalue weighted by Crippen LogP contribution is 2.29. The Labute approximate surface area is 126 Å². The van der Waals surface area contributed by atoms with Gasteiger partial charge in [-0.2, -0.15) is 0 Å². The molecule has 2 nitrogen and oxygen atoms in total. The summed E-state index contributed by atoms with van der Waals surface area (Å²) >= 11 is 0. The van der Waals surface area contributed by atoms with E-state index in [0.717, 1.165) is 16.8 Å². The van der Waals surface area contributed by atoms with E-state index in [1.54, 1.807) is 0 Å². The maximum absolute atomic E-state index is 12.4. The number of carbonyl (C=O) groups excluding carboxylic acids is 1. The Bertz CT molecular complexity index is 645. The minimum atomic E-state index is 0.111. The molecule has 0 aromatic heterocycles. The van der Waals surface area contributed by atoms with Crippen LogP contribution in [0.5, 0.6) is 0 Å². The van der Waals surface area contributed by atoms with E-state index in [0.29, 0.717) is 12.5 Å². The molecule has 1 heterocycles. The highest BCUT2D eigenvalue weighted by molar-refractivity contribution is 6.09. The van der Waals surface area contributed by atoms with Gasteiger partial charge >= 0.3 is 0 Å². The predicted molar refractivity (Wildman–Crippen MR) is 86.7 cm³/mol. The average Bonchev–Trinajstić information content (AvgIpc) is 2.85. The van der Waals surface area contributed by atoms with Crippen molar-refractivity contribution in [1.82, 2.24) is 0 Å². The predicted octanol–water partition coefficient (Wildman–Crippen LogP) is 4.75. The van der Waals surface area contributed by atoms with Crippen molar-refractivity contribution in [3.05, 3.63) is 65.2 Å². The number of rotatable bonds is 4. The topological polar surface area (TPSA) is 20.3 Å². The van der Waals surface area contributed by atoms with Crippen molar-refractivity contribution < 1.29 is 4.79 Å². The van der Waals surface area contributed by atoms with Crippen LogP contribution < -0.4 is 4.90 Å². The lowest BCUT2D eigenvalue weighted by Crippen LogP contribution is -2.22. The van der Waals surface area contributed by atoms with Crippen LogP contribution >= 0.6 is 0 Å². The molecule has 0 fully saturated rings. The van der Waals surface area contributed by atoms with Crippen LogP contribution in [-0.4, -0.2) is 5.91 Å². The minimum Gasteiger partial charge on any atom is -0.304 e. The molecule has 0 radical (unpaired) electrons. The molecule has 1 atom stereocenters. The zero-order valence-corrected chi connectivity index (χ0v) is 12.7. The zero-order valence-electron chi connectivity index (χ0n) is 12.7. The minimum absolute atomic E-state index is 0.111. The molecule has 2 heteroatoms. The number of carbonyl (C=O) groups is 1. The first kappa shape index (κ1) is 13.9. The smallest absolute Gasteiger partial charge is 0.258 e. The van der Waals surface area contributed by atoms with E-state index >= 15 is 0 Å². The average molecular weight is 279 g/mol. The zero-order chi connectivity index (χ0) is 14.8. The molecule has 1 aliphatic heterocycles. The first-order chi connectivity index (χ1) is 10.2. The Morgan fingerprint density at radius 3 is 2.48 bits per heavy atom. The van der Waals surface area contributed by atoms with Crippen molar-refractivity contribution in [1.29, 1.82) is 0 Å². The molecular formula is C19H21NO. The second-order valence-electron chi connectivity index (χ2n) is 5.83. The summed E-state index contributed by atoms with van der Waals surface area (Å²) < 4.78 is 0. The van der Waals surface area contributed by atoms with E-state index < -0.39 is 0 Å². The van der Waals surface area contributed by atoms with Gasteiger partial charge in [0.05, 0.1) is 6.54 Å². The Kier molecular flexibility index (Phi) is 3.78. The summed E-state index contributed by atoms with van der Waals surface area (Å²) in [7, 11) is 0. The van der Waals surface area contributed by atoms with Gasteiger partial charge in [-0.05, 0) is 41.7 Å². The van der Waals surface area contributed by atoms with Crippen LogP contribution in [0.15, 0.2) is 48.5 Å². The van der Waals surface area contributed by atoms with Crippen LogP contribution in [-0.2, 0) is 6.54 Å². The molecule has 0 saturated heterocycles. The molecule has 0 bridgehead atoms. The van der Waals surface area contributed by atoms with Crippen LogP contribution in [0.25, 0.3) is 0 Å². The maximum Gasteiger partial charge on any atom is 0.258 e. The van der Waals surface area contributed by atoms with E-state index in [4.69, 9.17) is 0 Å². The van der Waals surface area contributed by atoms with Crippen LogP contribution in [0.3, 0.4) is 0 Å². The number of hydrogen-bond donors (Lipinski definition) is 0. The fourth-order valence-corrected chi connectivity index (χ4v) is 3.05. The second-order valence-corrected chi connectivity index (χ2v) is 5.83. The molecule has 0 saturated carbocycles. The first-order valence-corrected chi connectivity index (χ1v) is 7.70. The van der Waals surface area contributed by atoms with Crippen molar-refractivity contribution in [3.8, 4) is 0 Å². The van der Waals surface area contributed by atoms with E-state index in [9.17, 15) is 4.79 Å². The monoisotopic (exact) mass is 279 g/mol. The summed E-state index contributed by atoms with van der Waals surface area (Å²) in [6.45, 7) is 5.15. The third kappa shape index (κ3) is 2.58. The lowest BCUT2D eigenvalue weighted by Gasteiger charge is -2.17. The van der Waals surface area contributed by atoms with Crippen molar-refractivity contribution in [2.75, 3.05) is 4.90 Å². The molecule has 1 aliphatic rings. The quantitative estimate of drug-likeness (QED) is 0.790. The summed E-state index contributed by atoms with van der Waals surface area (Å²) in [5, 5.41) is 0. The molecule has 108 valence electrons. The molecule has 3 rings (SSSR count). The number of fused-ring (bicyclic) bond motifs is 1. The van der Waals surface area contributed by atoms with E-state index in [1.165, 1.54) is 18.4 Å². The summed E-state index contributed by atoms with van der Waals surface area (Å²) in [6.07, 6.45) is 2.40. The van der Waals surface area contributed by atoms with E-state index in [2.05, 4.69) is 38.1 Å². The standard InChI is InChI=1S/C19H21NO/c1-3-6-14(2)15-9-11-17(12-10-15)20-13-16-7-4-5-8-18(16)19(20)21/h4-5,7-12,14H,3,6,13H2,1-2H3. The van der Waals surface area contributed by atoms with E-state index in [-0.39, 0.29) is 5.91 Å². The summed E-state index contributed by atoms with van der Waals surface area (Å²) in [5.41, 5.74) is 4.29. The molecule has 2 aromatic rings. The normalized spacial score (nSPS) is 15.1. The number of nitrogens with zero attached hydrogens (tertiary/aromatic N) is 1. The van der Waals surface area contributed by atoms with Gasteiger partial charge < -0.3 is 4.90 Å². The second kappa shape index (κ2) is 5.72. The van der Waals surface area contributed by atoms with Gasteiger partial charge in [0, 0.05) is 11.3 Å². The SMILES string of the molecule is CCCC(C)c1ccc(N2Cc3ccccc3C2=O)cc1. The van der Waals surface area contributed by atoms with Gasteiger partial charge in [0.1, 0.15) is 0 Å². The molecule has 0 aliphatic carbocycles. The number of hydrogen-bond acceptors (Lipinski definition) is 1. The summed E-state index contributed by atoms with van der Waals surface area (Å²) in [5.74, 6) is 0.690. The Balaban J connectivity index is 1.82. The third-order valence-electron chi connectivity index (χ3n) is 4.32. The fourth-order valence-electron chi connectivity index (χ4n) is 3.05. The molecule has 2 aromatic carbocycles. The Hall–Kier alpha value is -2.09. The summed E-state index contributed by atoms with van der Waals surface area (Å²) in [6, 6.07) is 16.3. The van der Waals surface area contributed by atoms with Crippen molar-refractivity contribution in [2.45, 2.75) is 39.2 Å². The number of benzene rings is 2. The van der Waals surface area contributed by atoms with Crippen LogP contribution in [0.1, 0.15) is 54.1 Å². The number of anilines is 1. The number of amides is 1. The molecular weight excluding hydrogens is 258 g/mol. The lowest BCUT2D eigenvalue weighted by molar-refractivity contribution is 0.0996. The third-order valence-corrected chi connectivity index (χ3v) is 4.32. The van der Waals surface area contributed by atoms with Crippen LogP contribution in [0.2, 0.25) is 0 Å². The van der Waals surface area contributed by atoms with Gasteiger partial charge in [0.15, 0.2) is 0 Å². The summed E-state index contributed by atoms with van der Waals surface area (Å²) in [4.78, 5) is 14.3. The van der Waals surface area contributed by atoms with Gasteiger partial charge in [-0.15, -0.1) is 0 Å². The van der Waals surface area contributed by atoms with Gasteiger partial charge in [-0.1, -0.05) is 50.6 Å². The Morgan fingerprint density at radius 1 is 1.10 bits per heavy atom. The van der Waals surface area contributed by atoms with Crippen molar-refractivity contribution in [2.24, 2.45) is 0 Å². The van der Waals surface area contributed by atoms with Crippen LogP contribution in [0.4, 0.5) is 5.69 Å². The van der Waals surface area contributed by atoms with Crippen LogP contribution in [0, 0.1) is 0 Å². The fraction of sp³-hybridized carbons (Fsp3) is 0.316. The van der Waals surface area contributed by atoms with Gasteiger partial charge in [-0.25, -0.2) is 0 Å². The Morgan fingerprint density at radius 2 is 1.81 bits per heavy atom. The highest BCUT2D eigenvalue weighted by Gasteiger charge is 2.27. The molecule has 21 heavy (non-hydrogen) atoms. The lowest BCUT2D eigenvalue weighted by atomic mass is 9.96.